The molecule has 172 valence electrons. The van der Waals surface area contributed by atoms with Gasteiger partial charge in [-0.1, -0.05) is 38.3 Å². The number of carbonyl (C=O) groups excluding carboxylic acids is 1. The predicted octanol–water partition coefficient (Wildman–Crippen LogP) is 6.15. The number of halogens is 2. The van der Waals surface area contributed by atoms with E-state index in [0.29, 0.717) is 18.5 Å². The minimum atomic E-state index is -3.21. The van der Waals surface area contributed by atoms with Crippen LogP contribution in [0.25, 0.3) is 0 Å². The molecule has 0 radical (unpaired) electrons. The molecular weight excluding hydrogens is 388 g/mol. The average molecular weight is 428 g/mol. The minimum Gasteiger partial charge on any atom is -0.460 e. The Morgan fingerprint density at radius 3 is 2.50 bits per heavy atom. The van der Waals surface area contributed by atoms with Crippen LogP contribution in [0.5, 0.6) is 0 Å². The van der Waals surface area contributed by atoms with Crippen molar-refractivity contribution in [2.45, 2.75) is 123 Å². The molecule has 0 amide bonds. The summed E-state index contributed by atoms with van der Waals surface area (Å²) in [5.41, 5.74) is -0.751. The largest absolute Gasteiger partial charge is 0.460 e. The molecule has 1 aromatic heterocycles. The summed E-state index contributed by atoms with van der Waals surface area (Å²) in [6.07, 6.45) is 6.35. The van der Waals surface area contributed by atoms with Gasteiger partial charge in [0.25, 0.3) is 5.92 Å². The summed E-state index contributed by atoms with van der Waals surface area (Å²) < 4.78 is 38.4. The van der Waals surface area contributed by atoms with E-state index in [2.05, 4.69) is 24.2 Å². The summed E-state index contributed by atoms with van der Waals surface area (Å²) >= 11 is 0. The van der Waals surface area contributed by atoms with E-state index in [1.165, 1.54) is 0 Å². The van der Waals surface area contributed by atoms with Crippen molar-refractivity contribution in [3.63, 3.8) is 0 Å². The number of hydrogen-bond acceptors (Lipinski definition) is 4. The quantitative estimate of drug-likeness (QED) is 0.444. The lowest BCUT2D eigenvalue weighted by Gasteiger charge is -2.31. The molecule has 0 saturated heterocycles. The first kappa shape index (κ1) is 24.7. The van der Waals surface area contributed by atoms with Crippen molar-refractivity contribution in [2.75, 3.05) is 0 Å². The number of carbonyl (C=O) groups is 1. The van der Waals surface area contributed by atoms with Crippen molar-refractivity contribution in [1.29, 1.82) is 0 Å². The van der Waals surface area contributed by atoms with Gasteiger partial charge in [0.15, 0.2) is 5.69 Å². The van der Waals surface area contributed by atoms with Gasteiger partial charge in [0, 0.05) is 5.92 Å². The second-order valence-electron chi connectivity index (χ2n) is 9.97. The number of alkyl halides is 2. The Morgan fingerprint density at radius 2 is 1.87 bits per heavy atom. The Kier molecular flexibility index (Phi) is 8.03. The van der Waals surface area contributed by atoms with E-state index in [0.717, 1.165) is 38.5 Å². The third kappa shape index (κ3) is 5.79. The zero-order valence-electron chi connectivity index (χ0n) is 19.6. The van der Waals surface area contributed by atoms with Crippen LogP contribution in [0.3, 0.4) is 0 Å². The van der Waals surface area contributed by atoms with Crippen LogP contribution in [0.15, 0.2) is 0 Å². The lowest BCUT2D eigenvalue weighted by Crippen LogP contribution is -2.35. The Hall–Kier alpha value is -1.53. The van der Waals surface area contributed by atoms with Crippen LogP contribution >= 0.6 is 0 Å². The summed E-state index contributed by atoms with van der Waals surface area (Å²) in [6.45, 7) is 11.8. The van der Waals surface area contributed by atoms with E-state index < -0.39 is 23.4 Å². The third-order valence-electron chi connectivity index (χ3n) is 6.18. The highest BCUT2D eigenvalue weighted by molar-refractivity contribution is 5.70. The molecule has 7 heteroatoms. The lowest BCUT2D eigenvalue weighted by atomic mass is 9.85. The summed E-state index contributed by atoms with van der Waals surface area (Å²) in [5, 5.41) is 8.09. The van der Waals surface area contributed by atoms with Gasteiger partial charge in [-0.05, 0) is 66.2 Å². The standard InChI is InChI=1S/C23H39F2N3O2/c1-7-9-15-22(5,6)30-19(29)16-17-12-10-11-13-18-20(23(17,24)25)26-27-28(18)21(3,4)14-8-2/h17H,7-16H2,1-6H3. The Morgan fingerprint density at radius 1 is 1.17 bits per heavy atom. The predicted molar refractivity (Wildman–Crippen MR) is 114 cm³/mol. The van der Waals surface area contributed by atoms with Gasteiger partial charge >= 0.3 is 5.97 Å². The maximum absolute atomic E-state index is 15.6. The van der Waals surface area contributed by atoms with Crippen LogP contribution < -0.4 is 0 Å². The van der Waals surface area contributed by atoms with Gasteiger partial charge in [0.2, 0.25) is 0 Å². The molecule has 1 atom stereocenters. The topological polar surface area (TPSA) is 57.0 Å². The Balaban J connectivity index is 2.25. The van der Waals surface area contributed by atoms with E-state index in [4.69, 9.17) is 4.74 Å². The fourth-order valence-corrected chi connectivity index (χ4v) is 4.48. The molecule has 0 N–H and O–H groups in total. The fourth-order valence-electron chi connectivity index (χ4n) is 4.48. The second kappa shape index (κ2) is 9.73. The van der Waals surface area contributed by atoms with Crippen molar-refractivity contribution in [3.05, 3.63) is 11.4 Å². The van der Waals surface area contributed by atoms with Crippen LogP contribution in [-0.4, -0.2) is 26.6 Å². The summed E-state index contributed by atoms with van der Waals surface area (Å²) in [6, 6.07) is 0. The zero-order chi connectivity index (χ0) is 22.6. The van der Waals surface area contributed by atoms with Crippen molar-refractivity contribution >= 4 is 5.97 Å². The maximum Gasteiger partial charge on any atom is 0.306 e. The van der Waals surface area contributed by atoms with E-state index in [-0.39, 0.29) is 24.1 Å². The number of esters is 1. The third-order valence-corrected chi connectivity index (χ3v) is 6.18. The number of hydrogen-bond donors (Lipinski definition) is 0. The first-order valence-corrected chi connectivity index (χ1v) is 11.5. The smallest absolute Gasteiger partial charge is 0.306 e. The van der Waals surface area contributed by atoms with Crippen LogP contribution in [0.2, 0.25) is 0 Å². The molecule has 1 heterocycles. The van der Waals surface area contributed by atoms with Crippen LogP contribution in [0.1, 0.15) is 111 Å². The zero-order valence-corrected chi connectivity index (χ0v) is 19.6. The fraction of sp³-hybridized carbons (Fsp3) is 0.870. The molecule has 0 spiro atoms. The van der Waals surface area contributed by atoms with Gasteiger partial charge in [-0.25, -0.2) is 4.68 Å². The van der Waals surface area contributed by atoms with Gasteiger partial charge in [-0.3, -0.25) is 4.79 Å². The molecule has 1 aromatic rings. The number of unbranched alkanes of at least 4 members (excludes halogenated alkanes) is 1. The van der Waals surface area contributed by atoms with E-state index in [1.807, 2.05) is 27.7 Å². The molecule has 5 nitrogen and oxygen atoms in total. The van der Waals surface area contributed by atoms with Crippen molar-refractivity contribution < 1.29 is 18.3 Å². The Bertz CT molecular complexity index is 713. The summed E-state index contributed by atoms with van der Waals surface area (Å²) in [4.78, 5) is 12.5. The van der Waals surface area contributed by atoms with Gasteiger partial charge in [-0.2, -0.15) is 8.78 Å². The van der Waals surface area contributed by atoms with Crippen LogP contribution in [-0.2, 0) is 27.4 Å². The molecular formula is C23H39F2N3O2. The van der Waals surface area contributed by atoms with Crippen molar-refractivity contribution in [3.8, 4) is 0 Å². The molecule has 0 bridgehead atoms. The molecule has 2 rings (SSSR count). The van der Waals surface area contributed by atoms with Crippen molar-refractivity contribution in [1.82, 2.24) is 15.0 Å². The number of aromatic nitrogens is 3. The lowest BCUT2D eigenvalue weighted by molar-refractivity contribution is -0.164. The molecule has 0 aromatic carbocycles. The number of fused-ring (bicyclic) bond motifs is 1. The first-order valence-electron chi connectivity index (χ1n) is 11.5. The Labute approximate surface area is 179 Å². The number of rotatable bonds is 9. The highest BCUT2D eigenvalue weighted by Crippen LogP contribution is 2.44. The first-order chi connectivity index (χ1) is 13.9. The monoisotopic (exact) mass is 427 g/mol. The number of ether oxygens (including phenoxy) is 1. The molecule has 0 aliphatic heterocycles. The van der Waals surface area contributed by atoms with Gasteiger partial charge in [0.05, 0.1) is 17.7 Å². The minimum absolute atomic E-state index is 0.255. The number of nitrogens with zero attached hydrogens (tertiary/aromatic N) is 3. The van der Waals surface area contributed by atoms with E-state index >= 15 is 8.78 Å². The van der Waals surface area contributed by atoms with Gasteiger partial charge in [0.1, 0.15) is 5.60 Å². The summed E-state index contributed by atoms with van der Waals surface area (Å²) in [5.74, 6) is -4.88. The second-order valence-corrected chi connectivity index (χ2v) is 9.97. The SMILES string of the molecule is CCCCC(C)(C)OC(=O)CC1CCCCc2c(nnn2C(C)(C)CCC)C1(F)F. The molecule has 1 aliphatic carbocycles. The highest BCUT2D eigenvalue weighted by atomic mass is 19.3. The van der Waals surface area contributed by atoms with E-state index in [9.17, 15) is 4.79 Å². The molecule has 1 aliphatic rings. The molecule has 30 heavy (non-hydrogen) atoms. The summed E-state index contributed by atoms with van der Waals surface area (Å²) in [7, 11) is 0. The normalized spacial score (nSPS) is 19.7. The molecule has 1 unspecified atom stereocenters. The van der Waals surface area contributed by atoms with Crippen LogP contribution in [0.4, 0.5) is 8.78 Å². The van der Waals surface area contributed by atoms with E-state index in [1.54, 1.807) is 4.68 Å². The van der Waals surface area contributed by atoms with Crippen molar-refractivity contribution in [2.24, 2.45) is 5.92 Å². The maximum atomic E-state index is 15.6. The van der Waals surface area contributed by atoms with Gasteiger partial charge < -0.3 is 4.74 Å². The average Bonchev–Trinajstić information content (AvgIpc) is 3.06. The van der Waals surface area contributed by atoms with Gasteiger partial charge in [-0.15, -0.1) is 5.10 Å². The molecule has 0 fully saturated rings. The molecule has 0 saturated carbocycles. The highest BCUT2D eigenvalue weighted by Gasteiger charge is 2.48. The van der Waals surface area contributed by atoms with Crippen LogP contribution in [0, 0.1) is 5.92 Å².